The Kier molecular flexibility index (Phi) is 4.26. The zero-order chi connectivity index (χ0) is 11.4. The third-order valence-corrected chi connectivity index (χ3v) is 4.61. The van der Waals surface area contributed by atoms with Crippen molar-refractivity contribution in [2.45, 2.75) is 64.3 Å². The van der Waals surface area contributed by atoms with Crippen LogP contribution in [0.25, 0.3) is 0 Å². The smallest absolute Gasteiger partial charge is 0.00965 e. The number of hydrogen-bond acceptors (Lipinski definition) is 2. The van der Waals surface area contributed by atoms with Gasteiger partial charge in [0, 0.05) is 12.6 Å². The van der Waals surface area contributed by atoms with Crippen LogP contribution < -0.4 is 5.73 Å². The molecule has 0 aromatic rings. The zero-order valence-electron chi connectivity index (χ0n) is 10.9. The fourth-order valence-electron chi connectivity index (χ4n) is 3.27. The molecule has 2 fully saturated rings. The predicted octanol–water partition coefficient (Wildman–Crippen LogP) is 2.77. The molecule has 0 aromatic carbocycles. The van der Waals surface area contributed by atoms with Crippen LogP contribution in [0.15, 0.2) is 0 Å². The van der Waals surface area contributed by atoms with Gasteiger partial charge in [-0.1, -0.05) is 32.6 Å². The Bertz CT molecular complexity index is 203. The van der Waals surface area contributed by atoms with Crippen molar-refractivity contribution >= 4 is 0 Å². The van der Waals surface area contributed by atoms with Crippen molar-refractivity contribution in [3.8, 4) is 0 Å². The topological polar surface area (TPSA) is 29.3 Å². The summed E-state index contributed by atoms with van der Waals surface area (Å²) in [5.41, 5.74) is 6.56. The molecule has 0 aliphatic heterocycles. The van der Waals surface area contributed by atoms with Gasteiger partial charge < -0.3 is 10.6 Å². The monoisotopic (exact) mass is 224 g/mol. The molecule has 2 rings (SSSR count). The van der Waals surface area contributed by atoms with Crippen LogP contribution in [-0.2, 0) is 0 Å². The molecular formula is C14H28N2. The Labute approximate surface area is 101 Å². The van der Waals surface area contributed by atoms with E-state index in [1.165, 1.54) is 64.5 Å². The number of rotatable bonds is 5. The lowest BCUT2D eigenvalue weighted by Crippen LogP contribution is -2.43. The zero-order valence-corrected chi connectivity index (χ0v) is 10.9. The lowest BCUT2D eigenvalue weighted by Gasteiger charge is -2.37. The van der Waals surface area contributed by atoms with Crippen LogP contribution in [0.5, 0.6) is 0 Å². The molecule has 2 aliphatic carbocycles. The van der Waals surface area contributed by atoms with E-state index in [0.29, 0.717) is 5.41 Å². The minimum absolute atomic E-state index is 0.453. The van der Waals surface area contributed by atoms with E-state index in [2.05, 4.69) is 11.8 Å². The summed E-state index contributed by atoms with van der Waals surface area (Å²) in [6.45, 7) is 5.69. The third-order valence-electron chi connectivity index (χ3n) is 4.61. The van der Waals surface area contributed by atoms with E-state index in [-0.39, 0.29) is 0 Å². The summed E-state index contributed by atoms with van der Waals surface area (Å²) < 4.78 is 0. The molecule has 2 aliphatic rings. The summed E-state index contributed by atoms with van der Waals surface area (Å²) in [7, 11) is 0. The van der Waals surface area contributed by atoms with E-state index in [4.69, 9.17) is 5.73 Å². The van der Waals surface area contributed by atoms with Crippen molar-refractivity contribution in [3.63, 3.8) is 0 Å². The first kappa shape index (κ1) is 12.4. The van der Waals surface area contributed by atoms with Gasteiger partial charge in [-0.3, -0.25) is 0 Å². The van der Waals surface area contributed by atoms with E-state index in [9.17, 15) is 0 Å². The molecule has 0 heterocycles. The molecule has 2 heteroatoms. The molecule has 2 saturated carbocycles. The SMILES string of the molecule is CCN(CC1(CN)CCCCCC1)C1CC1. The van der Waals surface area contributed by atoms with Crippen molar-refractivity contribution in [2.24, 2.45) is 11.1 Å². The van der Waals surface area contributed by atoms with Crippen molar-refractivity contribution in [3.05, 3.63) is 0 Å². The summed E-state index contributed by atoms with van der Waals surface area (Å²) >= 11 is 0. The second kappa shape index (κ2) is 5.50. The normalized spacial score (nSPS) is 25.7. The molecule has 0 atom stereocenters. The molecular weight excluding hydrogens is 196 g/mol. The highest BCUT2D eigenvalue weighted by Crippen LogP contribution is 2.37. The Morgan fingerprint density at radius 3 is 2.19 bits per heavy atom. The Morgan fingerprint density at radius 2 is 1.75 bits per heavy atom. The molecule has 0 aromatic heterocycles. The van der Waals surface area contributed by atoms with Crippen molar-refractivity contribution in [1.29, 1.82) is 0 Å². The second-order valence-corrected chi connectivity index (χ2v) is 5.91. The molecule has 16 heavy (non-hydrogen) atoms. The quantitative estimate of drug-likeness (QED) is 0.728. The van der Waals surface area contributed by atoms with Crippen LogP contribution in [0.1, 0.15) is 58.3 Å². The van der Waals surface area contributed by atoms with Gasteiger partial charge in [0.2, 0.25) is 0 Å². The first-order chi connectivity index (χ1) is 7.79. The van der Waals surface area contributed by atoms with Gasteiger partial charge in [0.05, 0.1) is 0 Å². The summed E-state index contributed by atoms with van der Waals surface area (Å²) in [5, 5.41) is 0. The van der Waals surface area contributed by atoms with Crippen molar-refractivity contribution in [2.75, 3.05) is 19.6 Å². The van der Waals surface area contributed by atoms with Gasteiger partial charge in [-0.15, -0.1) is 0 Å². The first-order valence-corrected chi connectivity index (χ1v) is 7.24. The highest BCUT2D eigenvalue weighted by Gasteiger charge is 2.36. The minimum atomic E-state index is 0.453. The average molecular weight is 224 g/mol. The number of nitrogens with two attached hydrogens (primary N) is 1. The maximum absolute atomic E-state index is 6.10. The predicted molar refractivity (Wildman–Crippen MR) is 69.5 cm³/mol. The molecule has 0 radical (unpaired) electrons. The van der Waals surface area contributed by atoms with Gasteiger partial charge in [0.15, 0.2) is 0 Å². The van der Waals surface area contributed by atoms with Gasteiger partial charge in [-0.05, 0) is 44.2 Å². The lowest BCUT2D eigenvalue weighted by atomic mass is 9.80. The first-order valence-electron chi connectivity index (χ1n) is 7.24. The summed E-state index contributed by atoms with van der Waals surface area (Å²) in [5.74, 6) is 0. The second-order valence-electron chi connectivity index (χ2n) is 5.91. The van der Waals surface area contributed by atoms with E-state index in [1.807, 2.05) is 0 Å². The highest BCUT2D eigenvalue weighted by molar-refractivity contribution is 4.91. The maximum Gasteiger partial charge on any atom is 0.00965 e. The maximum atomic E-state index is 6.10. The molecule has 2 N–H and O–H groups in total. The van der Waals surface area contributed by atoms with Crippen LogP contribution in [0.2, 0.25) is 0 Å². The third kappa shape index (κ3) is 2.98. The summed E-state index contributed by atoms with van der Waals surface area (Å²) in [6, 6.07) is 0.900. The standard InChI is InChI=1S/C14H28N2/c1-2-16(13-7-8-13)12-14(11-15)9-5-3-4-6-10-14/h13H,2-12,15H2,1H3. The van der Waals surface area contributed by atoms with E-state index < -0.39 is 0 Å². The minimum Gasteiger partial charge on any atom is -0.330 e. The van der Waals surface area contributed by atoms with Gasteiger partial charge >= 0.3 is 0 Å². The molecule has 0 amide bonds. The fourth-order valence-corrected chi connectivity index (χ4v) is 3.27. The van der Waals surface area contributed by atoms with Crippen molar-refractivity contribution in [1.82, 2.24) is 4.90 Å². The van der Waals surface area contributed by atoms with Crippen LogP contribution in [0.3, 0.4) is 0 Å². The van der Waals surface area contributed by atoms with Crippen LogP contribution in [0, 0.1) is 5.41 Å². The largest absolute Gasteiger partial charge is 0.330 e. The molecule has 94 valence electrons. The van der Waals surface area contributed by atoms with Gasteiger partial charge in [0.1, 0.15) is 0 Å². The number of nitrogens with zero attached hydrogens (tertiary/aromatic N) is 1. The van der Waals surface area contributed by atoms with E-state index in [1.54, 1.807) is 0 Å². The molecule has 2 nitrogen and oxygen atoms in total. The Balaban J connectivity index is 1.95. The molecule has 0 saturated heterocycles. The lowest BCUT2D eigenvalue weighted by molar-refractivity contribution is 0.134. The molecule has 0 spiro atoms. The summed E-state index contributed by atoms with van der Waals surface area (Å²) in [4.78, 5) is 2.69. The van der Waals surface area contributed by atoms with Crippen LogP contribution in [0.4, 0.5) is 0 Å². The Morgan fingerprint density at radius 1 is 1.12 bits per heavy atom. The highest BCUT2D eigenvalue weighted by atomic mass is 15.2. The Hall–Kier alpha value is -0.0800. The average Bonchev–Trinajstić information content (AvgIpc) is 3.13. The van der Waals surface area contributed by atoms with Gasteiger partial charge in [-0.2, -0.15) is 0 Å². The van der Waals surface area contributed by atoms with Crippen LogP contribution in [-0.4, -0.2) is 30.6 Å². The van der Waals surface area contributed by atoms with E-state index in [0.717, 1.165) is 12.6 Å². The van der Waals surface area contributed by atoms with Crippen molar-refractivity contribution < 1.29 is 0 Å². The van der Waals surface area contributed by atoms with Gasteiger partial charge in [-0.25, -0.2) is 0 Å². The van der Waals surface area contributed by atoms with Gasteiger partial charge in [0.25, 0.3) is 0 Å². The molecule has 0 unspecified atom stereocenters. The van der Waals surface area contributed by atoms with Crippen LogP contribution >= 0.6 is 0 Å². The van der Waals surface area contributed by atoms with E-state index >= 15 is 0 Å². The fraction of sp³-hybridized carbons (Fsp3) is 1.00. The molecule has 0 bridgehead atoms. The summed E-state index contributed by atoms with van der Waals surface area (Å²) in [6.07, 6.45) is 11.2. The number of hydrogen-bond donors (Lipinski definition) is 1.